The lowest BCUT2D eigenvalue weighted by molar-refractivity contribution is 0.584. The number of benzene rings is 8. The Morgan fingerprint density at radius 1 is 0.203 bits per heavy atom. The molecule has 0 aliphatic heterocycles. The van der Waals surface area contributed by atoms with Gasteiger partial charge < -0.3 is 50.1 Å². The monoisotopic (exact) mass is 1060 g/mol. The largest absolute Gasteiger partial charge is 0.412 e. The lowest BCUT2D eigenvalue weighted by atomic mass is 10.4. The molecule has 10 N–H and O–H groups in total. The van der Waals surface area contributed by atoms with Crippen LogP contribution in [0, 0.1) is 0 Å². The van der Waals surface area contributed by atoms with Crippen molar-refractivity contribution in [2.75, 3.05) is 0 Å². The minimum Gasteiger partial charge on any atom is -0.412 e. The molecule has 2 heterocycles. The Labute approximate surface area is 433 Å². The van der Waals surface area contributed by atoms with Gasteiger partial charge in [0.25, 0.3) is 0 Å². The molecule has 0 fully saturated rings. The average Bonchev–Trinajstić information content (AvgIpc) is 4.08. The van der Waals surface area contributed by atoms with Gasteiger partial charge in [-0.3, -0.25) is 0 Å². The van der Waals surface area contributed by atoms with Crippen molar-refractivity contribution in [3.05, 3.63) is 290 Å². The van der Waals surface area contributed by atoms with Crippen LogP contribution in [0.25, 0.3) is 0 Å². The molecular formula is C60H62N2O8P4. The van der Waals surface area contributed by atoms with Crippen LogP contribution in [-0.2, 0) is 42.9 Å². The second kappa shape index (κ2) is 26.3. The topological polar surface area (TPSA) is 226 Å². The van der Waals surface area contributed by atoms with Crippen molar-refractivity contribution in [2.45, 2.75) is 24.6 Å². The van der Waals surface area contributed by atoms with Crippen LogP contribution in [0.2, 0.25) is 0 Å². The van der Waals surface area contributed by atoms with Crippen LogP contribution in [0.3, 0.4) is 0 Å². The van der Waals surface area contributed by atoms with Gasteiger partial charge in [0.15, 0.2) is 0 Å². The molecule has 0 aliphatic rings. The average molecular weight is 1060 g/mol. The van der Waals surface area contributed by atoms with Crippen molar-refractivity contribution in [2.24, 2.45) is 0 Å². The van der Waals surface area contributed by atoms with Crippen molar-refractivity contribution in [3.8, 4) is 0 Å². The molecule has 10 nitrogen and oxygen atoms in total. The summed E-state index contributed by atoms with van der Waals surface area (Å²) in [7, 11) is -11.6. The second-order valence-electron chi connectivity index (χ2n) is 17.3. The molecule has 0 unspecified atom stereocenters. The molecule has 10 aromatic rings. The lowest BCUT2D eigenvalue weighted by Crippen LogP contribution is -2.18. The van der Waals surface area contributed by atoms with E-state index in [2.05, 4.69) is 9.97 Å². The Kier molecular flexibility index (Phi) is 20.6. The van der Waals surface area contributed by atoms with Crippen molar-refractivity contribution in [1.82, 2.24) is 9.97 Å². The number of hydrogen-bond acceptors (Lipinski definition) is 4. The summed E-state index contributed by atoms with van der Waals surface area (Å²) >= 11 is 0. The summed E-state index contributed by atoms with van der Waals surface area (Å²) in [6.45, 7) is 0. The zero-order chi connectivity index (χ0) is 48.3. The third kappa shape index (κ3) is 13.1. The predicted molar refractivity (Wildman–Crippen MR) is 310 cm³/mol. The maximum atomic E-state index is 14.4. The van der Waals surface area contributed by atoms with Gasteiger partial charge in [-0.1, -0.05) is 243 Å². The van der Waals surface area contributed by atoms with Crippen LogP contribution in [0.1, 0.15) is 22.8 Å². The molecule has 0 saturated carbocycles. The van der Waals surface area contributed by atoms with Gasteiger partial charge in [-0.25, -0.2) is 0 Å². The third-order valence-corrected chi connectivity index (χ3v) is 24.8. The number of hydrogen-bond donors (Lipinski definition) is 2. The van der Waals surface area contributed by atoms with E-state index in [-0.39, 0.29) is 21.9 Å². The van der Waals surface area contributed by atoms with Gasteiger partial charge in [0.2, 0.25) is 0 Å². The summed E-state index contributed by atoms with van der Waals surface area (Å²) in [5.74, 6) is 0. The molecule has 0 amide bonds. The Bertz CT molecular complexity index is 2810. The highest BCUT2D eigenvalue weighted by Gasteiger charge is 2.32. The predicted octanol–water partition coefficient (Wildman–Crippen LogP) is 8.79. The van der Waals surface area contributed by atoms with Crippen LogP contribution >= 0.6 is 28.6 Å². The van der Waals surface area contributed by atoms with E-state index in [1.165, 1.54) is 0 Å². The lowest BCUT2D eigenvalue weighted by Gasteiger charge is -2.20. The van der Waals surface area contributed by atoms with Crippen molar-refractivity contribution < 1.29 is 40.2 Å². The minimum absolute atomic E-state index is 0. The van der Waals surface area contributed by atoms with Gasteiger partial charge in [-0.2, -0.15) is 0 Å². The van der Waals surface area contributed by atoms with E-state index in [9.17, 15) is 18.3 Å². The Hall–Kier alpha value is -6.92. The second-order valence-corrected chi connectivity index (χ2v) is 28.6. The van der Waals surface area contributed by atoms with Crippen LogP contribution in [0.15, 0.2) is 267 Å². The molecule has 0 atom stereocenters. The molecular weight excluding hydrogens is 1000 g/mol. The van der Waals surface area contributed by atoms with E-state index in [0.29, 0.717) is 24.6 Å². The molecule has 14 heteroatoms. The zero-order valence-corrected chi connectivity index (χ0v) is 44.2. The maximum Gasteiger partial charge on any atom is 0.148 e. The highest BCUT2D eigenvalue weighted by molar-refractivity contribution is 7.79. The Morgan fingerprint density at radius 3 is 0.446 bits per heavy atom. The molecule has 8 aromatic carbocycles. The molecule has 10 rings (SSSR count). The minimum atomic E-state index is -2.90. The summed E-state index contributed by atoms with van der Waals surface area (Å²) < 4.78 is 57.8. The zero-order valence-electron chi connectivity index (χ0n) is 40.7. The van der Waals surface area contributed by atoms with Crippen molar-refractivity contribution in [1.29, 1.82) is 0 Å². The number of rotatable bonds is 16. The molecule has 2 aromatic heterocycles. The summed E-state index contributed by atoms with van der Waals surface area (Å²) in [5.41, 5.74) is 3.51. The standard InChI is InChI=1S/2C30H27NO2P2.4H2O/c2*32-34(27-13-5-1-6-14-27,28-15-7-2-8-16-28)23-25-21-22-26(31-25)24-35(33,29-17-9-3-10-18-29)30-19-11-4-12-20-30;;;;/h2*1-22,31H,23-24H2;4*1H2. The highest BCUT2D eigenvalue weighted by atomic mass is 31.2. The first kappa shape index (κ1) is 58.0. The fraction of sp³-hybridized carbons (Fsp3) is 0.0667. The highest BCUT2D eigenvalue weighted by Crippen LogP contribution is 2.51. The van der Waals surface area contributed by atoms with Crippen molar-refractivity contribution >= 4 is 71.0 Å². The Morgan fingerprint density at radius 2 is 0.324 bits per heavy atom. The van der Waals surface area contributed by atoms with E-state index in [1.807, 2.05) is 267 Å². The van der Waals surface area contributed by atoms with E-state index in [0.717, 1.165) is 65.2 Å². The fourth-order valence-corrected chi connectivity index (χ4v) is 19.5. The number of nitrogens with one attached hydrogen (secondary N) is 2. The molecule has 0 aliphatic carbocycles. The summed E-state index contributed by atoms with van der Waals surface area (Å²) in [4.78, 5) is 6.92. The van der Waals surface area contributed by atoms with Gasteiger partial charge in [-0.15, -0.1) is 0 Å². The van der Waals surface area contributed by atoms with Crippen molar-refractivity contribution in [3.63, 3.8) is 0 Å². The summed E-state index contributed by atoms with van der Waals surface area (Å²) in [5, 5.41) is 6.68. The SMILES string of the molecule is O.O.O.O.O=P(Cc1ccc(CP(=O)(c2ccccc2)c2ccccc2)[nH]1)(c1ccccc1)c1ccccc1.O=P(Cc1ccc(CP(=O)(c2ccccc2)c2ccccc2)[nH]1)(c1ccccc1)c1ccccc1. The van der Waals surface area contributed by atoms with Gasteiger partial charge in [-0.05, 0) is 24.3 Å². The maximum absolute atomic E-state index is 14.4. The van der Waals surface area contributed by atoms with Crippen LogP contribution in [0.5, 0.6) is 0 Å². The molecule has 0 saturated heterocycles. The van der Waals surface area contributed by atoms with Gasteiger partial charge in [0, 0.05) is 89.9 Å². The van der Waals surface area contributed by atoms with Crippen LogP contribution < -0.4 is 42.4 Å². The smallest absolute Gasteiger partial charge is 0.148 e. The first-order valence-corrected chi connectivity index (χ1v) is 30.9. The fourth-order valence-electron chi connectivity index (χ4n) is 8.99. The third-order valence-electron chi connectivity index (χ3n) is 12.6. The quantitative estimate of drug-likeness (QED) is 0.0905. The molecule has 0 radical (unpaired) electrons. The van der Waals surface area contributed by atoms with Gasteiger partial charge in [0.05, 0.1) is 0 Å². The van der Waals surface area contributed by atoms with E-state index in [1.54, 1.807) is 0 Å². The molecule has 74 heavy (non-hydrogen) atoms. The van der Waals surface area contributed by atoms with E-state index in [4.69, 9.17) is 0 Å². The van der Waals surface area contributed by atoms with Crippen LogP contribution in [-0.4, -0.2) is 31.9 Å². The molecule has 0 bridgehead atoms. The number of H-pyrrole nitrogens is 2. The summed E-state index contributed by atoms with van der Waals surface area (Å²) in [6, 6.07) is 85.4. The van der Waals surface area contributed by atoms with Gasteiger partial charge >= 0.3 is 0 Å². The normalized spacial score (nSPS) is 11.2. The molecule has 380 valence electrons. The number of aromatic amines is 2. The molecule has 0 spiro atoms. The number of aromatic nitrogens is 2. The van der Waals surface area contributed by atoms with Gasteiger partial charge in [0.1, 0.15) is 28.6 Å². The first-order valence-electron chi connectivity index (χ1n) is 23.3. The van der Waals surface area contributed by atoms with Crippen LogP contribution in [0.4, 0.5) is 0 Å². The van der Waals surface area contributed by atoms with E-state index < -0.39 is 28.6 Å². The summed E-state index contributed by atoms with van der Waals surface area (Å²) in [6.07, 6.45) is 1.51. The first-order chi connectivity index (χ1) is 34.2. The Balaban J connectivity index is 0.000000260. The van der Waals surface area contributed by atoms with E-state index >= 15 is 0 Å².